The summed E-state index contributed by atoms with van der Waals surface area (Å²) in [7, 11) is -1.99. The molecule has 3 aliphatic rings. The number of rotatable bonds is 8. The lowest BCUT2D eigenvalue weighted by atomic mass is 9.65. The molecule has 3 aliphatic heterocycles. The van der Waals surface area contributed by atoms with Gasteiger partial charge in [0.15, 0.2) is 0 Å². The fraction of sp³-hybridized carbons (Fsp3) is 0.0976. The molecule has 0 N–H and O–H groups in total. The van der Waals surface area contributed by atoms with Gasteiger partial charge >= 0.3 is 0 Å². The second kappa shape index (κ2) is 19.1. The molecule has 0 saturated carbocycles. The molecule has 0 atom stereocenters. The molecule has 3 heterocycles. The molecule has 2 nitrogen and oxygen atoms in total. The number of nitrogens with zero attached hydrogens (tertiary/aromatic N) is 2. The van der Waals surface area contributed by atoms with Crippen molar-refractivity contribution >= 4 is 74.1 Å². The molecule has 13 aromatic carbocycles. The molecule has 0 aliphatic carbocycles. The van der Waals surface area contributed by atoms with Crippen LogP contribution in [0.4, 0.5) is 34.1 Å². The third-order valence-electron chi connectivity index (χ3n) is 19.4. The van der Waals surface area contributed by atoms with Crippen LogP contribution in [0, 0.1) is 0 Å². The molecule has 0 unspecified atom stereocenters. The monoisotopic (exact) mass is 1100 g/mol. The lowest BCUT2D eigenvalue weighted by Crippen LogP contribution is -2.49. The van der Waals surface area contributed by atoms with Gasteiger partial charge in [0, 0.05) is 27.6 Å². The molecule has 0 amide bonds. The molecule has 13 aromatic rings. The highest BCUT2D eigenvalue weighted by Gasteiger charge is 2.46. The first-order chi connectivity index (χ1) is 41.4. The van der Waals surface area contributed by atoms with Crippen molar-refractivity contribution < 1.29 is 0 Å². The fourth-order valence-electron chi connectivity index (χ4n) is 14.9. The Morgan fingerprint density at radius 2 is 0.694 bits per heavy atom. The summed E-state index contributed by atoms with van der Waals surface area (Å²) in [6.07, 6.45) is 0. The van der Waals surface area contributed by atoms with Crippen LogP contribution >= 0.6 is 0 Å². The smallest absolute Gasteiger partial charge is 0.113 e. The van der Waals surface area contributed by atoms with E-state index in [0.717, 1.165) is 11.4 Å². The first kappa shape index (κ1) is 50.9. The van der Waals surface area contributed by atoms with E-state index < -0.39 is 8.07 Å². The molecule has 0 radical (unpaired) electrons. The maximum absolute atomic E-state index is 2.60. The van der Waals surface area contributed by atoms with Crippen molar-refractivity contribution in [2.75, 3.05) is 9.80 Å². The Kier molecular flexibility index (Phi) is 11.4. The summed E-state index contributed by atoms with van der Waals surface area (Å²) in [4.78, 5) is 5.10. The Bertz CT molecular complexity index is 4720. The second-order valence-corrected chi connectivity index (χ2v) is 29.6. The first-order valence-corrected chi connectivity index (χ1v) is 33.1. The molecule has 0 spiro atoms. The number of hydrogen-bond acceptors (Lipinski definition) is 2. The van der Waals surface area contributed by atoms with Crippen LogP contribution in [0.3, 0.4) is 0 Å². The minimum absolute atomic E-state index is 0.328. The van der Waals surface area contributed by atoms with E-state index in [4.69, 9.17) is 0 Å². The molecular weight excluding hydrogens is 1040 g/mol. The van der Waals surface area contributed by atoms with Gasteiger partial charge in [-0.3, -0.25) is 0 Å². The molecule has 0 saturated heterocycles. The van der Waals surface area contributed by atoms with Gasteiger partial charge in [0.25, 0.3) is 0 Å². The number of benzene rings is 13. The lowest BCUT2D eigenvalue weighted by molar-refractivity contribution is 0.598. The van der Waals surface area contributed by atoms with E-state index in [1.165, 1.54) is 144 Å². The standard InChI is InChI=1S/C82H64N2Si/c1-81(2)71-48-57(54-24-12-8-13-25-54)36-45-76(71)84-77-46-37-58(55-26-14-9-15-27-55)49-72(77)82(3,4)74-51-59(50-73(81)80(74)84)62-42-43-66(64-29-17-16-28-63(62)64)67-44-47-75(68-31-19-18-30-65(67)68)83(60-38-34-56(35-39-60)53-22-10-7-11-23-53)61-40-41-70-69-32-20-21-33-78(69)85(5,6)79(70)52-61/h7-52H,1-6H3. The minimum atomic E-state index is -1.99. The van der Waals surface area contributed by atoms with Crippen LogP contribution in [0.1, 0.15) is 49.9 Å². The zero-order valence-electron chi connectivity index (χ0n) is 49.0. The average molecular weight is 1110 g/mol. The summed E-state index contributed by atoms with van der Waals surface area (Å²) in [5, 5.41) is 7.90. The summed E-state index contributed by atoms with van der Waals surface area (Å²) < 4.78 is 0. The Labute approximate surface area is 500 Å². The SMILES string of the molecule is CC1(C)c2cc(-c3ccccc3)ccc2N2c3ccc(-c4ccccc4)cc3C(C)(C)c3cc(-c4ccc(-c5ccc(N(c6ccc(-c7ccccc7)cc6)c6ccc7c(c6)[Si](C)(C)c6ccccc6-7)c6ccccc56)c5ccccc45)cc1c32. The Balaban J connectivity index is 0.862. The molecule has 0 fully saturated rings. The average Bonchev–Trinajstić information content (AvgIpc) is 2.77. The van der Waals surface area contributed by atoms with Crippen LogP contribution in [0.5, 0.6) is 0 Å². The van der Waals surface area contributed by atoms with Crippen molar-refractivity contribution in [2.45, 2.75) is 51.6 Å². The Hall–Kier alpha value is -9.80. The van der Waals surface area contributed by atoms with Gasteiger partial charge < -0.3 is 9.80 Å². The summed E-state index contributed by atoms with van der Waals surface area (Å²) in [5.74, 6) is 0. The third kappa shape index (κ3) is 7.83. The highest BCUT2D eigenvalue weighted by molar-refractivity contribution is 7.03. The van der Waals surface area contributed by atoms with E-state index in [0.29, 0.717) is 0 Å². The fourth-order valence-corrected chi connectivity index (χ4v) is 18.0. The number of fused-ring (bicyclic) bond motifs is 9. The molecule has 406 valence electrons. The van der Waals surface area contributed by atoms with Crippen molar-refractivity contribution in [2.24, 2.45) is 0 Å². The van der Waals surface area contributed by atoms with Crippen LogP contribution in [-0.4, -0.2) is 8.07 Å². The summed E-state index contributed by atoms with van der Waals surface area (Å²) >= 11 is 0. The second-order valence-electron chi connectivity index (χ2n) is 25.2. The van der Waals surface area contributed by atoms with Crippen LogP contribution in [0.15, 0.2) is 279 Å². The zero-order valence-corrected chi connectivity index (χ0v) is 50.0. The van der Waals surface area contributed by atoms with E-state index >= 15 is 0 Å². The van der Waals surface area contributed by atoms with Gasteiger partial charge in [0.1, 0.15) is 8.07 Å². The van der Waals surface area contributed by atoms with Gasteiger partial charge in [-0.25, -0.2) is 0 Å². The molecule has 16 rings (SSSR count). The molecular formula is C82H64N2Si. The summed E-state index contributed by atoms with van der Waals surface area (Å²) in [6, 6.07) is 105. The predicted molar refractivity (Wildman–Crippen MR) is 364 cm³/mol. The van der Waals surface area contributed by atoms with Gasteiger partial charge in [-0.1, -0.05) is 253 Å². The van der Waals surface area contributed by atoms with Crippen LogP contribution in [-0.2, 0) is 10.8 Å². The van der Waals surface area contributed by atoms with Gasteiger partial charge in [-0.05, 0) is 182 Å². The van der Waals surface area contributed by atoms with E-state index in [1.807, 2.05) is 0 Å². The molecule has 0 aromatic heterocycles. The van der Waals surface area contributed by atoms with Crippen molar-refractivity contribution in [3.63, 3.8) is 0 Å². The largest absolute Gasteiger partial charge is 0.310 e. The lowest BCUT2D eigenvalue weighted by Gasteiger charge is -2.50. The highest BCUT2D eigenvalue weighted by atomic mass is 28.3. The van der Waals surface area contributed by atoms with Crippen LogP contribution < -0.4 is 20.2 Å². The van der Waals surface area contributed by atoms with E-state index in [1.54, 1.807) is 0 Å². The third-order valence-corrected chi connectivity index (χ3v) is 23.0. The molecule has 3 heteroatoms. The van der Waals surface area contributed by atoms with E-state index in [-0.39, 0.29) is 10.8 Å². The molecule has 0 bridgehead atoms. The van der Waals surface area contributed by atoms with Crippen molar-refractivity contribution in [3.8, 4) is 66.8 Å². The Morgan fingerprint density at radius 1 is 0.294 bits per heavy atom. The Morgan fingerprint density at radius 3 is 1.27 bits per heavy atom. The predicted octanol–water partition coefficient (Wildman–Crippen LogP) is 21.3. The van der Waals surface area contributed by atoms with Gasteiger partial charge in [0.05, 0.1) is 22.7 Å². The molecule has 85 heavy (non-hydrogen) atoms. The zero-order chi connectivity index (χ0) is 57.3. The summed E-state index contributed by atoms with van der Waals surface area (Å²) in [5.41, 5.74) is 26.9. The van der Waals surface area contributed by atoms with Crippen molar-refractivity contribution in [1.29, 1.82) is 0 Å². The van der Waals surface area contributed by atoms with Gasteiger partial charge in [0.2, 0.25) is 0 Å². The van der Waals surface area contributed by atoms with Crippen LogP contribution in [0.2, 0.25) is 13.1 Å². The first-order valence-electron chi connectivity index (χ1n) is 30.1. The maximum Gasteiger partial charge on any atom is 0.113 e. The van der Waals surface area contributed by atoms with Crippen molar-refractivity contribution in [3.05, 3.63) is 301 Å². The maximum atomic E-state index is 2.60. The summed E-state index contributed by atoms with van der Waals surface area (Å²) in [6.45, 7) is 14.8. The highest BCUT2D eigenvalue weighted by Crippen LogP contribution is 2.62. The van der Waals surface area contributed by atoms with E-state index in [2.05, 4.69) is 330 Å². The van der Waals surface area contributed by atoms with E-state index in [9.17, 15) is 0 Å². The normalized spacial score (nSPS) is 14.5. The van der Waals surface area contributed by atoms with Crippen molar-refractivity contribution in [1.82, 2.24) is 0 Å². The van der Waals surface area contributed by atoms with Gasteiger partial charge in [-0.2, -0.15) is 0 Å². The minimum Gasteiger partial charge on any atom is -0.310 e. The number of anilines is 6. The van der Waals surface area contributed by atoms with Crippen LogP contribution in [0.25, 0.3) is 88.3 Å². The number of hydrogen-bond donors (Lipinski definition) is 0. The quantitative estimate of drug-likeness (QED) is 0.140. The van der Waals surface area contributed by atoms with Gasteiger partial charge in [-0.15, -0.1) is 0 Å². The topological polar surface area (TPSA) is 6.48 Å².